The highest BCUT2D eigenvalue weighted by Gasteiger charge is 2.12. The standard InChI is InChI=1S/C10H12N2O4S/c11-9(16)6-4-5-17-10(6)12-7(13)2-1-3-8(14)15/h4-5H,1-3H2,(H2,11,16)(H,12,13)(H,14,15). The van der Waals surface area contributed by atoms with Gasteiger partial charge in [-0.15, -0.1) is 11.3 Å². The molecule has 0 radical (unpaired) electrons. The SMILES string of the molecule is NC(=O)c1ccsc1NC(=O)CCCC(=O)O. The summed E-state index contributed by atoms with van der Waals surface area (Å²) in [5, 5.41) is 13.0. The van der Waals surface area contributed by atoms with Crippen molar-refractivity contribution in [3.8, 4) is 0 Å². The minimum Gasteiger partial charge on any atom is -0.481 e. The van der Waals surface area contributed by atoms with Gasteiger partial charge in [0.05, 0.1) is 5.56 Å². The van der Waals surface area contributed by atoms with Crippen LogP contribution in [0.3, 0.4) is 0 Å². The van der Waals surface area contributed by atoms with Gasteiger partial charge in [-0.05, 0) is 17.9 Å². The number of amides is 2. The number of carbonyl (C=O) groups excluding carboxylic acids is 2. The highest BCUT2D eigenvalue weighted by Crippen LogP contribution is 2.22. The van der Waals surface area contributed by atoms with Crippen molar-refractivity contribution in [1.29, 1.82) is 0 Å². The van der Waals surface area contributed by atoms with Gasteiger partial charge >= 0.3 is 5.97 Å². The van der Waals surface area contributed by atoms with Gasteiger partial charge < -0.3 is 16.2 Å². The van der Waals surface area contributed by atoms with Gasteiger partial charge in [0.1, 0.15) is 5.00 Å². The number of hydrogen-bond donors (Lipinski definition) is 3. The fourth-order valence-corrected chi connectivity index (χ4v) is 2.00. The molecule has 1 heterocycles. The lowest BCUT2D eigenvalue weighted by Gasteiger charge is -2.03. The zero-order valence-corrected chi connectivity index (χ0v) is 9.75. The molecule has 4 N–H and O–H groups in total. The van der Waals surface area contributed by atoms with Crippen molar-refractivity contribution < 1.29 is 19.5 Å². The summed E-state index contributed by atoms with van der Waals surface area (Å²) in [4.78, 5) is 32.6. The van der Waals surface area contributed by atoms with Crippen LogP contribution in [0, 0.1) is 0 Å². The summed E-state index contributed by atoms with van der Waals surface area (Å²) < 4.78 is 0. The Morgan fingerprint density at radius 2 is 2.06 bits per heavy atom. The molecule has 7 heteroatoms. The quantitative estimate of drug-likeness (QED) is 0.706. The normalized spacial score (nSPS) is 9.88. The molecule has 2 amide bonds. The molecule has 1 rings (SSSR count). The highest BCUT2D eigenvalue weighted by molar-refractivity contribution is 7.14. The van der Waals surface area contributed by atoms with Crippen molar-refractivity contribution in [3.05, 3.63) is 17.0 Å². The van der Waals surface area contributed by atoms with Gasteiger partial charge in [0, 0.05) is 12.8 Å². The lowest BCUT2D eigenvalue weighted by Crippen LogP contribution is -2.16. The molecule has 6 nitrogen and oxygen atoms in total. The summed E-state index contributed by atoms with van der Waals surface area (Å²) in [7, 11) is 0. The average molecular weight is 256 g/mol. The largest absolute Gasteiger partial charge is 0.481 e. The van der Waals surface area contributed by atoms with E-state index in [1.807, 2.05) is 0 Å². The number of carbonyl (C=O) groups is 3. The first-order valence-corrected chi connectivity index (χ1v) is 5.77. The molecule has 17 heavy (non-hydrogen) atoms. The lowest BCUT2D eigenvalue weighted by atomic mass is 10.2. The van der Waals surface area contributed by atoms with Crippen LogP contribution in [-0.2, 0) is 9.59 Å². The van der Waals surface area contributed by atoms with Crippen molar-refractivity contribution in [2.24, 2.45) is 5.73 Å². The summed E-state index contributed by atoms with van der Waals surface area (Å²) in [6.07, 6.45) is 0.307. The Balaban J connectivity index is 2.48. The van der Waals surface area contributed by atoms with Crippen LogP contribution in [-0.4, -0.2) is 22.9 Å². The number of anilines is 1. The van der Waals surface area contributed by atoms with Crippen LogP contribution in [0.4, 0.5) is 5.00 Å². The van der Waals surface area contributed by atoms with Crippen molar-refractivity contribution in [2.45, 2.75) is 19.3 Å². The van der Waals surface area contributed by atoms with Crippen LogP contribution < -0.4 is 11.1 Å². The van der Waals surface area contributed by atoms with Gasteiger partial charge in [-0.2, -0.15) is 0 Å². The molecule has 1 aromatic heterocycles. The van der Waals surface area contributed by atoms with Crippen molar-refractivity contribution in [2.75, 3.05) is 5.32 Å². The number of nitrogens with two attached hydrogens (primary N) is 1. The van der Waals surface area contributed by atoms with Crippen molar-refractivity contribution in [3.63, 3.8) is 0 Å². The number of aliphatic carboxylic acids is 1. The van der Waals surface area contributed by atoms with Crippen LogP contribution >= 0.6 is 11.3 Å². The van der Waals surface area contributed by atoms with E-state index in [4.69, 9.17) is 10.8 Å². The fraction of sp³-hybridized carbons (Fsp3) is 0.300. The molecule has 0 spiro atoms. The first-order chi connectivity index (χ1) is 8.00. The van der Waals surface area contributed by atoms with E-state index < -0.39 is 11.9 Å². The Bertz CT molecular complexity index is 441. The summed E-state index contributed by atoms with van der Waals surface area (Å²) in [6.45, 7) is 0. The van der Waals surface area contributed by atoms with Gasteiger partial charge in [-0.1, -0.05) is 0 Å². The average Bonchev–Trinajstić information content (AvgIpc) is 2.65. The summed E-state index contributed by atoms with van der Waals surface area (Å²) in [5.41, 5.74) is 5.38. The third-order valence-electron chi connectivity index (χ3n) is 1.98. The van der Waals surface area contributed by atoms with E-state index in [1.54, 1.807) is 5.38 Å². The number of thiophene rings is 1. The van der Waals surface area contributed by atoms with E-state index in [0.717, 1.165) is 0 Å². The van der Waals surface area contributed by atoms with E-state index in [1.165, 1.54) is 17.4 Å². The van der Waals surface area contributed by atoms with Crippen molar-refractivity contribution >= 4 is 34.1 Å². The van der Waals surface area contributed by atoms with Crippen molar-refractivity contribution in [1.82, 2.24) is 0 Å². The molecular formula is C10H12N2O4S. The van der Waals surface area contributed by atoms with Gasteiger partial charge in [-0.3, -0.25) is 14.4 Å². The van der Waals surface area contributed by atoms with Gasteiger partial charge in [0.15, 0.2) is 0 Å². The van der Waals surface area contributed by atoms with Crippen LogP contribution in [0.5, 0.6) is 0 Å². The summed E-state index contributed by atoms with van der Waals surface area (Å²) in [5.74, 6) is -1.87. The molecule has 0 aliphatic carbocycles. The second-order valence-corrected chi connectivity index (χ2v) is 4.24. The zero-order chi connectivity index (χ0) is 12.8. The second kappa shape index (κ2) is 6.00. The molecule has 0 aromatic carbocycles. The molecule has 0 bridgehead atoms. The molecule has 0 saturated carbocycles. The number of carboxylic acid groups (broad SMARTS) is 1. The maximum absolute atomic E-state index is 11.4. The number of hydrogen-bond acceptors (Lipinski definition) is 4. The zero-order valence-electron chi connectivity index (χ0n) is 8.93. The Labute approximate surface area is 101 Å². The Morgan fingerprint density at radius 1 is 1.35 bits per heavy atom. The summed E-state index contributed by atoms with van der Waals surface area (Å²) >= 11 is 1.20. The van der Waals surface area contributed by atoms with Gasteiger partial charge in [0.2, 0.25) is 5.91 Å². The van der Waals surface area contributed by atoms with E-state index >= 15 is 0 Å². The van der Waals surface area contributed by atoms with Gasteiger partial charge in [-0.25, -0.2) is 0 Å². The lowest BCUT2D eigenvalue weighted by molar-refractivity contribution is -0.137. The first-order valence-electron chi connectivity index (χ1n) is 4.89. The number of rotatable bonds is 6. The third kappa shape index (κ3) is 4.23. The minimum atomic E-state index is -0.938. The Hall–Kier alpha value is -1.89. The minimum absolute atomic E-state index is 0.0550. The molecule has 1 aromatic rings. The van der Waals surface area contributed by atoms with E-state index in [-0.39, 0.29) is 30.7 Å². The number of carboxylic acids is 1. The Morgan fingerprint density at radius 3 is 2.65 bits per heavy atom. The van der Waals surface area contributed by atoms with Crippen LogP contribution in [0.1, 0.15) is 29.6 Å². The maximum atomic E-state index is 11.4. The fourth-order valence-electron chi connectivity index (χ4n) is 1.19. The predicted octanol–water partition coefficient (Wildman–Crippen LogP) is 1.04. The van der Waals surface area contributed by atoms with Crippen LogP contribution in [0.2, 0.25) is 0 Å². The molecule has 0 atom stereocenters. The molecule has 0 saturated heterocycles. The molecule has 0 aliphatic rings. The maximum Gasteiger partial charge on any atom is 0.303 e. The van der Waals surface area contributed by atoms with Crippen LogP contribution in [0.25, 0.3) is 0 Å². The van der Waals surface area contributed by atoms with Gasteiger partial charge in [0.25, 0.3) is 5.91 Å². The topological polar surface area (TPSA) is 109 Å². The second-order valence-electron chi connectivity index (χ2n) is 3.32. The van der Waals surface area contributed by atoms with E-state index in [2.05, 4.69) is 5.32 Å². The monoisotopic (exact) mass is 256 g/mol. The van der Waals surface area contributed by atoms with E-state index in [0.29, 0.717) is 5.00 Å². The number of nitrogens with one attached hydrogen (secondary N) is 1. The smallest absolute Gasteiger partial charge is 0.303 e. The van der Waals surface area contributed by atoms with Crippen LogP contribution in [0.15, 0.2) is 11.4 Å². The number of primary amides is 1. The van der Waals surface area contributed by atoms with E-state index in [9.17, 15) is 14.4 Å². The molecular weight excluding hydrogens is 244 g/mol. The molecule has 92 valence electrons. The molecule has 0 unspecified atom stereocenters. The predicted molar refractivity (Wildman–Crippen MR) is 63.0 cm³/mol. The Kier molecular flexibility index (Phi) is 4.65. The molecule has 0 fully saturated rings. The first kappa shape index (κ1) is 13.2. The third-order valence-corrected chi connectivity index (χ3v) is 2.81. The highest BCUT2D eigenvalue weighted by atomic mass is 32.1. The summed E-state index contributed by atoms with van der Waals surface area (Å²) in [6, 6.07) is 1.53. The molecule has 0 aliphatic heterocycles.